The van der Waals surface area contributed by atoms with Gasteiger partial charge in [-0.25, -0.2) is 15.8 Å². The first kappa shape index (κ1) is 15.1. The van der Waals surface area contributed by atoms with E-state index in [2.05, 4.69) is 26.0 Å². The van der Waals surface area contributed by atoms with E-state index in [4.69, 9.17) is 10.6 Å². The van der Waals surface area contributed by atoms with Crippen LogP contribution in [0.5, 0.6) is 0 Å². The number of nitrogens with two attached hydrogens (primary N) is 1. The number of hydrazine groups is 1. The molecule has 0 fully saturated rings. The van der Waals surface area contributed by atoms with Crippen molar-refractivity contribution in [1.29, 1.82) is 0 Å². The second-order valence-electron chi connectivity index (χ2n) is 3.86. The molecule has 19 heavy (non-hydrogen) atoms. The van der Waals surface area contributed by atoms with Crippen molar-refractivity contribution in [1.82, 2.24) is 15.3 Å². The lowest BCUT2D eigenvalue weighted by Gasteiger charge is -2.10. The molecule has 0 aliphatic carbocycles. The number of amides is 1. The monoisotopic (exact) mass is 268 g/mol. The molecule has 0 radical (unpaired) electrons. The highest BCUT2D eigenvalue weighted by molar-refractivity contribution is 5.76. The fraction of sp³-hybridized carbons (Fsp3) is 0.545. The molecule has 0 aromatic carbocycles. The number of anilines is 2. The van der Waals surface area contributed by atoms with E-state index in [9.17, 15) is 4.79 Å². The molecule has 1 aromatic heterocycles. The van der Waals surface area contributed by atoms with Crippen LogP contribution >= 0.6 is 0 Å². The largest absolute Gasteiger partial charge is 0.383 e. The maximum Gasteiger partial charge on any atom is 0.221 e. The molecule has 0 bridgehead atoms. The van der Waals surface area contributed by atoms with Gasteiger partial charge in [0.1, 0.15) is 18.0 Å². The summed E-state index contributed by atoms with van der Waals surface area (Å²) in [5.74, 6) is 6.50. The average Bonchev–Trinajstić information content (AvgIpc) is 2.41. The summed E-state index contributed by atoms with van der Waals surface area (Å²) in [6.07, 6.45) is 1.77. The first-order valence-corrected chi connectivity index (χ1v) is 5.96. The van der Waals surface area contributed by atoms with Gasteiger partial charge in [-0.15, -0.1) is 0 Å². The van der Waals surface area contributed by atoms with Crippen LogP contribution in [0.4, 0.5) is 11.6 Å². The van der Waals surface area contributed by atoms with Gasteiger partial charge in [-0.3, -0.25) is 4.79 Å². The lowest BCUT2D eigenvalue weighted by atomic mass is 10.3. The van der Waals surface area contributed by atoms with Gasteiger partial charge in [0, 0.05) is 32.2 Å². The van der Waals surface area contributed by atoms with E-state index >= 15 is 0 Å². The van der Waals surface area contributed by atoms with Crippen molar-refractivity contribution in [2.24, 2.45) is 5.84 Å². The maximum atomic E-state index is 11.4. The molecule has 8 heteroatoms. The molecule has 0 aliphatic rings. The minimum absolute atomic E-state index is 0.0339. The van der Waals surface area contributed by atoms with E-state index < -0.39 is 0 Å². The van der Waals surface area contributed by atoms with Crippen LogP contribution in [0.15, 0.2) is 6.33 Å². The summed E-state index contributed by atoms with van der Waals surface area (Å²) < 4.78 is 4.84. The number of carbonyl (C=O) groups is 1. The number of aromatic nitrogens is 2. The van der Waals surface area contributed by atoms with E-state index in [1.165, 1.54) is 6.33 Å². The molecule has 8 nitrogen and oxygen atoms in total. The number of nitrogens with zero attached hydrogens (tertiary/aromatic N) is 2. The molecule has 5 N–H and O–H groups in total. The highest BCUT2D eigenvalue weighted by Gasteiger charge is 2.06. The molecule has 1 heterocycles. The summed E-state index contributed by atoms with van der Waals surface area (Å²) >= 11 is 0. The second kappa shape index (κ2) is 8.22. The predicted molar refractivity (Wildman–Crippen MR) is 72.6 cm³/mol. The molecule has 0 aliphatic heterocycles. The van der Waals surface area contributed by atoms with Crippen molar-refractivity contribution >= 4 is 17.5 Å². The molecule has 1 amide bonds. The Balaban J connectivity index is 2.35. The number of hydrogen-bond acceptors (Lipinski definition) is 7. The third kappa shape index (κ3) is 5.06. The van der Waals surface area contributed by atoms with Gasteiger partial charge in [0.05, 0.1) is 6.61 Å². The fourth-order valence-corrected chi connectivity index (χ4v) is 1.45. The van der Waals surface area contributed by atoms with Crippen molar-refractivity contribution in [3.63, 3.8) is 0 Å². The minimum atomic E-state index is -0.0339. The average molecular weight is 268 g/mol. The SMILES string of the molecule is COCCNC(=O)CCNc1ncnc(NN)c1C. The number of methoxy groups -OCH3 is 1. The predicted octanol–water partition coefficient (Wildman–Crippen LogP) is -0.365. The number of carbonyl (C=O) groups excluding carboxylic acids is 1. The molecule has 0 spiro atoms. The smallest absolute Gasteiger partial charge is 0.221 e. The van der Waals surface area contributed by atoms with E-state index in [1.807, 2.05) is 6.92 Å². The summed E-state index contributed by atoms with van der Waals surface area (Å²) in [6.45, 7) is 3.36. The molecular formula is C11H20N6O2. The van der Waals surface area contributed by atoms with Crippen LogP contribution in [-0.2, 0) is 9.53 Å². The van der Waals surface area contributed by atoms with Crippen LogP contribution in [-0.4, -0.2) is 42.7 Å². The van der Waals surface area contributed by atoms with Gasteiger partial charge in [-0.1, -0.05) is 0 Å². The third-order valence-electron chi connectivity index (χ3n) is 2.49. The van der Waals surface area contributed by atoms with Gasteiger partial charge < -0.3 is 20.8 Å². The Morgan fingerprint density at radius 2 is 2.11 bits per heavy atom. The Morgan fingerprint density at radius 1 is 1.37 bits per heavy atom. The molecular weight excluding hydrogens is 248 g/mol. The van der Waals surface area contributed by atoms with Crippen molar-refractivity contribution < 1.29 is 9.53 Å². The fourth-order valence-electron chi connectivity index (χ4n) is 1.45. The molecule has 0 unspecified atom stereocenters. The zero-order valence-electron chi connectivity index (χ0n) is 11.2. The van der Waals surface area contributed by atoms with Gasteiger partial charge in [-0.2, -0.15) is 0 Å². The normalized spacial score (nSPS) is 10.1. The first-order valence-electron chi connectivity index (χ1n) is 5.96. The molecule has 1 rings (SSSR count). The topological polar surface area (TPSA) is 114 Å². The Hall–Kier alpha value is -1.93. The van der Waals surface area contributed by atoms with Crippen LogP contribution in [0.3, 0.4) is 0 Å². The van der Waals surface area contributed by atoms with E-state index in [1.54, 1.807) is 7.11 Å². The number of hydrogen-bond donors (Lipinski definition) is 4. The number of ether oxygens (including phenoxy) is 1. The summed E-state index contributed by atoms with van der Waals surface area (Å²) in [4.78, 5) is 19.5. The third-order valence-corrected chi connectivity index (χ3v) is 2.49. The maximum absolute atomic E-state index is 11.4. The van der Waals surface area contributed by atoms with Crippen LogP contribution in [0, 0.1) is 6.92 Å². The van der Waals surface area contributed by atoms with Crippen molar-refractivity contribution in [3.05, 3.63) is 11.9 Å². The summed E-state index contributed by atoms with van der Waals surface area (Å²) in [6, 6.07) is 0. The van der Waals surface area contributed by atoms with Gasteiger partial charge in [0.25, 0.3) is 0 Å². The quantitative estimate of drug-likeness (QED) is 0.289. The molecule has 0 saturated heterocycles. The van der Waals surface area contributed by atoms with Gasteiger partial charge in [0.15, 0.2) is 0 Å². The van der Waals surface area contributed by atoms with E-state index in [-0.39, 0.29) is 5.91 Å². The van der Waals surface area contributed by atoms with Crippen LogP contribution in [0.25, 0.3) is 0 Å². The first-order chi connectivity index (χ1) is 9.19. The zero-order chi connectivity index (χ0) is 14.1. The Labute approximate surface area is 112 Å². The lowest BCUT2D eigenvalue weighted by molar-refractivity contribution is -0.121. The standard InChI is InChI=1S/C11H20N6O2/c1-8-10(15-7-16-11(8)17-12)14-4-3-9(18)13-5-6-19-2/h7H,3-6,12H2,1-2H3,(H,13,18)(H2,14,15,16,17). The summed E-state index contributed by atoms with van der Waals surface area (Å²) in [5.41, 5.74) is 3.29. The van der Waals surface area contributed by atoms with E-state index in [0.717, 1.165) is 5.56 Å². The minimum Gasteiger partial charge on any atom is -0.383 e. The molecule has 1 aromatic rings. The summed E-state index contributed by atoms with van der Waals surface area (Å²) in [5, 5.41) is 5.81. The second-order valence-corrected chi connectivity index (χ2v) is 3.86. The van der Waals surface area contributed by atoms with Crippen molar-refractivity contribution in [3.8, 4) is 0 Å². The van der Waals surface area contributed by atoms with Gasteiger partial charge in [-0.05, 0) is 6.92 Å². The Morgan fingerprint density at radius 3 is 2.79 bits per heavy atom. The summed E-state index contributed by atoms with van der Waals surface area (Å²) in [7, 11) is 1.59. The lowest BCUT2D eigenvalue weighted by Crippen LogP contribution is -2.28. The van der Waals surface area contributed by atoms with Crippen LogP contribution in [0.1, 0.15) is 12.0 Å². The van der Waals surface area contributed by atoms with E-state index in [0.29, 0.717) is 37.8 Å². The number of nitrogen functional groups attached to an aromatic ring is 1. The highest BCUT2D eigenvalue weighted by atomic mass is 16.5. The molecule has 0 atom stereocenters. The molecule has 106 valence electrons. The van der Waals surface area contributed by atoms with Gasteiger partial charge >= 0.3 is 0 Å². The van der Waals surface area contributed by atoms with Crippen LogP contribution < -0.4 is 21.9 Å². The van der Waals surface area contributed by atoms with Crippen molar-refractivity contribution in [2.75, 3.05) is 37.5 Å². The Kier molecular flexibility index (Phi) is 6.55. The van der Waals surface area contributed by atoms with Crippen LogP contribution in [0.2, 0.25) is 0 Å². The Bertz CT molecular complexity index is 412. The number of rotatable bonds is 8. The van der Waals surface area contributed by atoms with Crippen molar-refractivity contribution in [2.45, 2.75) is 13.3 Å². The molecule has 0 saturated carbocycles. The number of nitrogens with one attached hydrogen (secondary N) is 3. The zero-order valence-corrected chi connectivity index (χ0v) is 11.2. The highest BCUT2D eigenvalue weighted by Crippen LogP contribution is 2.16. The van der Waals surface area contributed by atoms with Gasteiger partial charge in [0.2, 0.25) is 5.91 Å².